The van der Waals surface area contributed by atoms with E-state index in [1.165, 1.54) is 0 Å². The Morgan fingerprint density at radius 1 is 1.00 bits per heavy atom. The van der Waals surface area contributed by atoms with Crippen LogP contribution < -0.4 is 10.1 Å². The molecule has 0 spiro atoms. The quantitative estimate of drug-likeness (QED) is 0.425. The largest absolute Gasteiger partial charge is 0.491 e. The molecular formula is C24H22N2O2S. The molecule has 0 unspecified atom stereocenters. The van der Waals surface area contributed by atoms with Crippen LogP contribution in [0.5, 0.6) is 5.75 Å². The number of aromatic nitrogens is 1. The highest BCUT2D eigenvalue weighted by Gasteiger charge is 2.13. The number of hydrogen-bond acceptors (Lipinski definition) is 4. The van der Waals surface area contributed by atoms with Crippen molar-refractivity contribution in [1.82, 2.24) is 4.98 Å². The Balaban J connectivity index is 1.58. The van der Waals surface area contributed by atoms with Gasteiger partial charge in [-0.2, -0.15) is 0 Å². The molecular weight excluding hydrogens is 380 g/mol. The second-order valence-electron chi connectivity index (χ2n) is 7.11. The third kappa shape index (κ3) is 4.15. The van der Waals surface area contributed by atoms with Crippen molar-refractivity contribution in [2.45, 2.75) is 26.9 Å². The predicted octanol–water partition coefficient (Wildman–Crippen LogP) is 6.31. The molecule has 4 nitrogen and oxygen atoms in total. The zero-order chi connectivity index (χ0) is 20.4. The molecule has 1 amide bonds. The summed E-state index contributed by atoms with van der Waals surface area (Å²) in [4.78, 5) is 17.5. The fourth-order valence-corrected chi connectivity index (χ4v) is 4.19. The Hall–Kier alpha value is -3.18. The number of ether oxygens (including phenoxy) is 1. The molecule has 0 aliphatic carbocycles. The molecule has 1 aromatic heterocycles. The Morgan fingerprint density at radius 2 is 1.76 bits per heavy atom. The molecule has 0 atom stereocenters. The Morgan fingerprint density at radius 3 is 2.48 bits per heavy atom. The van der Waals surface area contributed by atoms with Crippen molar-refractivity contribution in [3.63, 3.8) is 0 Å². The van der Waals surface area contributed by atoms with Crippen molar-refractivity contribution < 1.29 is 9.53 Å². The number of benzene rings is 3. The van der Waals surface area contributed by atoms with Gasteiger partial charge < -0.3 is 10.1 Å². The van der Waals surface area contributed by atoms with E-state index in [2.05, 4.69) is 11.4 Å². The number of anilines is 1. The first-order valence-electron chi connectivity index (χ1n) is 9.55. The maximum atomic E-state index is 12.7. The molecule has 0 saturated carbocycles. The number of nitrogens with one attached hydrogen (secondary N) is 1. The van der Waals surface area contributed by atoms with Crippen LogP contribution in [0.25, 0.3) is 20.8 Å². The average molecular weight is 403 g/mol. The van der Waals surface area contributed by atoms with E-state index in [9.17, 15) is 4.79 Å². The number of carbonyl (C=O) groups excluding carboxylic acids is 1. The lowest BCUT2D eigenvalue weighted by Gasteiger charge is -2.12. The molecule has 146 valence electrons. The molecule has 0 radical (unpaired) electrons. The minimum absolute atomic E-state index is 0.0996. The van der Waals surface area contributed by atoms with Gasteiger partial charge in [0.25, 0.3) is 5.91 Å². The fourth-order valence-electron chi connectivity index (χ4n) is 3.14. The summed E-state index contributed by atoms with van der Waals surface area (Å²) in [7, 11) is 0. The molecule has 5 heteroatoms. The van der Waals surface area contributed by atoms with E-state index in [4.69, 9.17) is 9.72 Å². The van der Waals surface area contributed by atoms with Gasteiger partial charge in [-0.3, -0.25) is 4.79 Å². The van der Waals surface area contributed by atoms with Gasteiger partial charge in [-0.25, -0.2) is 4.98 Å². The van der Waals surface area contributed by atoms with Crippen molar-refractivity contribution in [3.05, 3.63) is 77.9 Å². The summed E-state index contributed by atoms with van der Waals surface area (Å²) in [5.41, 5.74) is 4.40. The predicted molar refractivity (Wildman–Crippen MR) is 120 cm³/mol. The molecule has 3 aromatic carbocycles. The van der Waals surface area contributed by atoms with Crippen LogP contribution in [0.15, 0.2) is 66.7 Å². The van der Waals surface area contributed by atoms with Crippen LogP contribution in [0.3, 0.4) is 0 Å². The summed E-state index contributed by atoms with van der Waals surface area (Å²) in [5.74, 6) is 0.608. The van der Waals surface area contributed by atoms with E-state index in [-0.39, 0.29) is 12.0 Å². The Bertz CT molecular complexity index is 1130. The molecule has 1 N–H and O–H groups in total. The lowest BCUT2D eigenvalue weighted by molar-refractivity contribution is 0.102. The van der Waals surface area contributed by atoms with Crippen LogP contribution >= 0.6 is 11.3 Å². The molecule has 4 rings (SSSR count). The van der Waals surface area contributed by atoms with Crippen molar-refractivity contribution in [2.75, 3.05) is 5.32 Å². The summed E-state index contributed by atoms with van der Waals surface area (Å²) in [6.07, 6.45) is 0.0996. The molecule has 0 aliphatic heterocycles. The van der Waals surface area contributed by atoms with Crippen molar-refractivity contribution in [1.29, 1.82) is 0 Å². The highest BCUT2D eigenvalue weighted by Crippen LogP contribution is 2.34. The van der Waals surface area contributed by atoms with E-state index < -0.39 is 0 Å². The second kappa shape index (κ2) is 8.05. The van der Waals surface area contributed by atoms with E-state index in [1.54, 1.807) is 23.5 Å². The summed E-state index contributed by atoms with van der Waals surface area (Å²) in [6.45, 7) is 5.96. The van der Waals surface area contributed by atoms with Gasteiger partial charge in [0, 0.05) is 16.8 Å². The van der Waals surface area contributed by atoms with Crippen molar-refractivity contribution in [2.24, 2.45) is 0 Å². The van der Waals surface area contributed by atoms with Gasteiger partial charge in [0.05, 0.1) is 16.3 Å². The number of thiazole rings is 1. The van der Waals surface area contributed by atoms with Crippen LogP contribution in [0.2, 0.25) is 0 Å². The number of fused-ring (bicyclic) bond motifs is 1. The number of para-hydroxylation sites is 1. The molecule has 0 bridgehead atoms. The monoisotopic (exact) mass is 402 g/mol. The number of amides is 1. The topological polar surface area (TPSA) is 51.2 Å². The number of carbonyl (C=O) groups is 1. The number of rotatable bonds is 5. The van der Waals surface area contributed by atoms with Crippen LogP contribution in [0, 0.1) is 6.92 Å². The van der Waals surface area contributed by atoms with Gasteiger partial charge in [-0.15, -0.1) is 11.3 Å². The first-order valence-corrected chi connectivity index (χ1v) is 10.4. The summed E-state index contributed by atoms with van der Waals surface area (Å²) in [5, 5.41) is 3.98. The van der Waals surface area contributed by atoms with E-state index in [1.807, 2.05) is 69.3 Å². The van der Waals surface area contributed by atoms with Crippen molar-refractivity contribution in [3.8, 4) is 16.3 Å². The van der Waals surface area contributed by atoms with E-state index in [0.717, 1.165) is 37.8 Å². The SMILES string of the molecule is Cc1c(NC(=O)c2ccc(OC(C)C)cc2)cccc1-c1nc2ccccc2s1. The zero-order valence-corrected chi connectivity index (χ0v) is 17.4. The summed E-state index contributed by atoms with van der Waals surface area (Å²) >= 11 is 1.66. The van der Waals surface area contributed by atoms with Crippen molar-refractivity contribution >= 4 is 33.1 Å². The standard InChI is InChI=1S/C24H22N2O2S/c1-15(2)28-18-13-11-17(12-14-18)23(27)25-20-9-6-7-19(16(20)3)24-26-21-8-4-5-10-22(21)29-24/h4-15H,1-3H3,(H,25,27). The average Bonchev–Trinajstić information content (AvgIpc) is 3.13. The van der Waals surface area contributed by atoms with Gasteiger partial charge >= 0.3 is 0 Å². The van der Waals surface area contributed by atoms with Crippen LogP contribution in [0.4, 0.5) is 5.69 Å². The first-order chi connectivity index (χ1) is 14.0. The van der Waals surface area contributed by atoms with E-state index in [0.29, 0.717) is 5.56 Å². The molecule has 1 heterocycles. The van der Waals surface area contributed by atoms with E-state index >= 15 is 0 Å². The van der Waals surface area contributed by atoms with Crippen LogP contribution in [0.1, 0.15) is 29.8 Å². The minimum Gasteiger partial charge on any atom is -0.491 e. The number of nitrogens with zero attached hydrogens (tertiary/aromatic N) is 1. The van der Waals surface area contributed by atoms with Crippen LogP contribution in [-0.2, 0) is 0 Å². The highest BCUT2D eigenvalue weighted by atomic mass is 32.1. The molecule has 0 aliphatic rings. The normalized spacial score (nSPS) is 11.0. The lowest BCUT2D eigenvalue weighted by Crippen LogP contribution is -2.13. The Labute approximate surface area is 174 Å². The highest BCUT2D eigenvalue weighted by molar-refractivity contribution is 7.21. The summed E-state index contributed by atoms with van der Waals surface area (Å²) < 4.78 is 6.79. The van der Waals surface area contributed by atoms with Gasteiger partial charge in [0.15, 0.2) is 0 Å². The lowest BCUT2D eigenvalue weighted by atomic mass is 10.1. The van der Waals surface area contributed by atoms with Gasteiger partial charge in [-0.1, -0.05) is 24.3 Å². The minimum atomic E-state index is -0.148. The third-order valence-electron chi connectivity index (χ3n) is 4.59. The molecule has 0 saturated heterocycles. The third-order valence-corrected chi connectivity index (χ3v) is 5.66. The van der Waals surface area contributed by atoms with Gasteiger partial charge in [-0.05, 0) is 68.8 Å². The summed E-state index contributed by atoms with van der Waals surface area (Å²) in [6, 6.07) is 21.2. The van der Waals surface area contributed by atoms with Gasteiger partial charge in [0.2, 0.25) is 0 Å². The maximum Gasteiger partial charge on any atom is 0.255 e. The van der Waals surface area contributed by atoms with Crippen LogP contribution in [-0.4, -0.2) is 17.0 Å². The molecule has 0 fully saturated rings. The zero-order valence-electron chi connectivity index (χ0n) is 16.6. The van der Waals surface area contributed by atoms with Gasteiger partial charge in [0.1, 0.15) is 10.8 Å². The first kappa shape index (κ1) is 19.2. The maximum absolute atomic E-state index is 12.7. The number of hydrogen-bond donors (Lipinski definition) is 1. The molecule has 29 heavy (non-hydrogen) atoms. The second-order valence-corrected chi connectivity index (χ2v) is 8.14. The molecule has 4 aromatic rings. The Kier molecular flexibility index (Phi) is 5.32. The smallest absolute Gasteiger partial charge is 0.255 e. The fraction of sp³-hybridized carbons (Fsp3) is 0.167.